The van der Waals surface area contributed by atoms with Gasteiger partial charge in [0, 0.05) is 5.56 Å². The van der Waals surface area contributed by atoms with Crippen molar-refractivity contribution in [3.63, 3.8) is 0 Å². The highest BCUT2D eigenvalue weighted by molar-refractivity contribution is 5.91. The first-order valence-electron chi connectivity index (χ1n) is 8.19. The molecule has 2 aromatic rings. The van der Waals surface area contributed by atoms with Crippen molar-refractivity contribution in [3.8, 4) is 5.75 Å². The van der Waals surface area contributed by atoms with E-state index in [1.165, 1.54) is 6.07 Å². The van der Waals surface area contributed by atoms with E-state index in [0.717, 1.165) is 11.6 Å². The van der Waals surface area contributed by atoms with E-state index in [1.54, 1.807) is 52.0 Å². The second-order valence-electron chi connectivity index (χ2n) is 6.34. The van der Waals surface area contributed by atoms with Crippen molar-refractivity contribution < 1.29 is 27.4 Å². The van der Waals surface area contributed by atoms with Crippen molar-refractivity contribution >= 4 is 5.97 Å². The number of benzene rings is 2. The van der Waals surface area contributed by atoms with Gasteiger partial charge in [0.05, 0.1) is 17.2 Å². The molecule has 0 saturated heterocycles. The molecule has 0 atom stereocenters. The molecule has 0 aliphatic rings. The Balaban J connectivity index is 2.32. The van der Waals surface area contributed by atoms with E-state index >= 15 is 0 Å². The Morgan fingerprint density at radius 1 is 1.12 bits per heavy atom. The second-order valence-corrected chi connectivity index (χ2v) is 6.34. The van der Waals surface area contributed by atoms with Gasteiger partial charge in [-0.25, -0.2) is 4.79 Å². The highest BCUT2D eigenvalue weighted by Crippen LogP contribution is 2.37. The molecule has 6 heteroatoms. The molecule has 0 amide bonds. The van der Waals surface area contributed by atoms with E-state index in [1.807, 2.05) is 0 Å². The van der Waals surface area contributed by atoms with Crippen LogP contribution in [0.3, 0.4) is 0 Å². The number of alkyl halides is 3. The van der Waals surface area contributed by atoms with Gasteiger partial charge in [0.25, 0.3) is 0 Å². The number of aryl methyl sites for hydroxylation is 2. The minimum absolute atomic E-state index is 0.165. The number of hydrogen-bond acceptors (Lipinski definition) is 3. The highest BCUT2D eigenvalue weighted by atomic mass is 19.4. The van der Waals surface area contributed by atoms with E-state index in [0.29, 0.717) is 16.7 Å². The molecule has 26 heavy (non-hydrogen) atoms. The summed E-state index contributed by atoms with van der Waals surface area (Å²) in [6, 6.07) is 8.93. The Morgan fingerprint density at radius 2 is 1.81 bits per heavy atom. The summed E-state index contributed by atoms with van der Waals surface area (Å²) in [5.74, 6) is -0.795. The summed E-state index contributed by atoms with van der Waals surface area (Å²) >= 11 is 0. The first kappa shape index (κ1) is 19.8. The van der Waals surface area contributed by atoms with Crippen LogP contribution >= 0.6 is 0 Å². The monoisotopic (exact) mass is 366 g/mol. The smallest absolute Gasteiger partial charge is 0.419 e. The van der Waals surface area contributed by atoms with Crippen LogP contribution in [0.4, 0.5) is 13.2 Å². The number of hydrogen-bond donors (Lipinski definition) is 0. The summed E-state index contributed by atoms with van der Waals surface area (Å²) in [5.41, 5.74) is 1.19. The molecule has 0 saturated carbocycles. The van der Waals surface area contributed by atoms with E-state index in [9.17, 15) is 18.0 Å². The van der Waals surface area contributed by atoms with Crippen molar-refractivity contribution in [3.05, 3.63) is 64.2 Å². The third-order valence-electron chi connectivity index (χ3n) is 3.79. The summed E-state index contributed by atoms with van der Waals surface area (Å²) < 4.78 is 50.3. The van der Waals surface area contributed by atoms with Crippen molar-refractivity contribution in [2.75, 3.05) is 0 Å². The van der Waals surface area contributed by atoms with Gasteiger partial charge in [0.1, 0.15) is 12.4 Å². The third-order valence-corrected chi connectivity index (χ3v) is 3.79. The van der Waals surface area contributed by atoms with Gasteiger partial charge < -0.3 is 9.47 Å². The maximum absolute atomic E-state index is 13.2. The van der Waals surface area contributed by atoms with Crippen LogP contribution in [-0.4, -0.2) is 12.1 Å². The van der Waals surface area contributed by atoms with Gasteiger partial charge in [-0.1, -0.05) is 23.8 Å². The third kappa shape index (κ3) is 4.77. The molecule has 0 fully saturated rings. The normalized spacial score (nSPS) is 11.5. The van der Waals surface area contributed by atoms with E-state index in [2.05, 4.69) is 0 Å². The number of carbonyl (C=O) groups is 1. The molecule has 0 heterocycles. The number of ether oxygens (including phenoxy) is 2. The molecule has 140 valence electrons. The highest BCUT2D eigenvalue weighted by Gasteiger charge is 2.34. The molecule has 0 aliphatic carbocycles. The molecule has 0 aliphatic heterocycles. The lowest BCUT2D eigenvalue weighted by Crippen LogP contribution is -2.16. The topological polar surface area (TPSA) is 35.5 Å². The van der Waals surface area contributed by atoms with Gasteiger partial charge in [-0.15, -0.1) is 0 Å². The Morgan fingerprint density at radius 3 is 2.42 bits per heavy atom. The van der Waals surface area contributed by atoms with Crippen LogP contribution in [0.5, 0.6) is 5.75 Å². The predicted octanol–water partition coefficient (Wildman–Crippen LogP) is 5.47. The van der Waals surface area contributed by atoms with Crippen molar-refractivity contribution in [1.82, 2.24) is 0 Å². The average Bonchev–Trinajstić information content (AvgIpc) is 2.52. The van der Waals surface area contributed by atoms with Gasteiger partial charge in [-0.3, -0.25) is 0 Å². The molecule has 0 N–H and O–H groups in total. The Labute approximate surface area is 150 Å². The molecule has 0 bridgehead atoms. The number of carbonyl (C=O) groups excluding carboxylic acids is 1. The minimum Gasteiger partial charge on any atom is -0.488 e. The number of halogens is 3. The summed E-state index contributed by atoms with van der Waals surface area (Å²) in [5, 5.41) is 0. The lowest BCUT2D eigenvalue weighted by molar-refractivity contribution is -0.139. The SMILES string of the molecule is Cc1ccc(OCc2c(C)cccc2C(=O)OC(C)C)c(C(F)(F)F)c1. The Kier molecular flexibility index (Phi) is 5.95. The minimum atomic E-state index is -4.52. The fourth-order valence-corrected chi connectivity index (χ4v) is 2.50. The number of esters is 1. The molecule has 0 unspecified atom stereocenters. The zero-order valence-electron chi connectivity index (χ0n) is 15.1. The molecular weight excluding hydrogens is 345 g/mol. The van der Waals surface area contributed by atoms with Gasteiger partial charge >= 0.3 is 12.1 Å². The summed E-state index contributed by atoms with van der Waals surface area (Å²) in [6.07, 6.45) is -4.82. The number of rotatable bonds is 5. The van der Waals surface area contributed by atoms with Crippen LogP contribution in [0, 0.1) is 13.8 Å². The second kappa shape index (κ2) is 7.81. The first-order valence-corrected chi connectivity index (χ1v) is 8.19. The van der Waals surface area contributed by atoms with E-state index in [4.69, 9.17) is 9.47 Å². The predicted molar refractivity (Wildman–Crippen MR) is 92.2 cm³/mol. The largest absolute Gasteiger partial charge is 0.488 e. The lowest BCUT2D eigenvalue weighted by atomic mass is 10.0. The summed E-state index contributed by atoms with van der Waals surface area (Å²) in [4.78, 5) is 12.3. The van der Waals surface area contributed by atoms with Crippen molar-refractivity contribution in [1.29, 1.82) is 0 Å². The van der Waals surface area contributed by atoms with Crippen LogP contribution in [0.1, 0.15) is 46.5 Å². The molecule has 0 aromatic heterocycles. The lowest BCUT2D eigenvalue weighted by Gasteiger charge is -2.17. The Bertz CT molecular complexity index is 795. The van der Waals surface area contributed by atoms with Crippen LogP contribution in [0.25, 0.3) is 0 Å². The van der Waals surface area contributed by atoms with E-state index < -0.39 is 17.7 Å². The fourth-order valence-electron chi connectivity index (χ4n) is 2.50. The van der Waals surface area contributed by atoms with Crippen LogP contribution < -0.4 is 4.74 Å². The molecule has 0 spiro atoms. The molecule has 3 nitrogen and oxygen atoms in total. The quantitative estimate of drug-likeness (QED) is 0.659. The Hall–Kier alpha value is -2.50. The van der Waals surface area contributed by atoms with Crippen LogP contribution in [0.15, 0.2) is 36.4 Å². The van der Waals surface area contributed by atoms with Gasteiger partial charge in [0.2, 0.25) is 0 Å². The molecule has 2 rings (SSSR count). The summed E-state index contributed by atoms with van der Waals surface area (Å²) in [6.45, 7) is 6.64. The molecule has 2 aromatic carbocycles. The zero-order valence-corrected chi connectivity index (χ0v) is 15.1. The standard InChI is InChI=1S/C20H21F3O3/c1-12(2)26-19(24)15-7-5-6-14(4)16(15)11-25-18-9-8-13(3)10-17(18)20(21,22)23/h5-10,12H,11H2,1-4H3. The zero-order chi connectivity index (χ0) is 19.5. The maximum Gasteiger partial charge on any atom is 0.419 e. The van der Waals surface area contributed by atoms with Gasteiger partial charge in [-0.05, 0) is 51.5 Å². The maximum atomic E-state index is 13.2. The molecular formula is C20H21F3O3. The fraction of sp³-hybridized carbons (Fsp3) is 0.350. The van der Waals surface area contributed by atoms with Gasteiger partial charge in [-0.2, -0.15) is 13.2 Å². The molecule has 0 radical (unpaired) electrons. The van der Waals surface area contributed by atoms with E-state index in [-0.39, 0.29) is 18.5 Å². The summed E-state index contributed by atoms with van der Waals surface area (Å²) in [7, 11) is 0. The first-order chi connectivity index (χ1) is 12.1. The van der Waals surface area contributed by atoms with Gasteiger partial charge in [0.15, 0.2) is 0 Å². The van der Waals surface area contributed by atoms with Crippen LogP contribution in [-0.2, 0) is 17.5 Å². The average molecular weight is 366 g/mol. The van der Waals surface area contributed by atoms with Crippen LogP contribution in [0.2, 0.25) is 0 Å². The van der Waals surface area contributed by atoms with Crippen molar-refractivity contribution in [2.45, 2.75) is 46.6 Å². The van der Waals surface area contributed by atoms with Crippen molar-refractivity contribution in [2.24, 2.45) is 0 Å².